The lowest BCUT2D eigenvalue weighted by molar-refractivity contribution is 0.554. The van der Waals surface area contributed by atoms with Crippen molar-refractivity contribution in [3.63, 3.8) is 0 Å². The minimum atomic E-state index is -0.533. The van der Waals surface area contributed by atoms with E-state index in [-0.39, 0.29) is 11.4 Å². The maximum atomic E-state index is 8.90. The molecule has 1 atom stereocenters. The maximum absolute atomic E-state index is 8.90. The van der Waals surface area contributed by atoms with Gasteiger partial charge in [-0.2, -0.15) is 5.10 Å². The van der Waals surface area contributed by atoms with Gasteiger partial charge in [0.05, 0.1) is 33.8 Å². The molecule has 0 saturated carbocycles. The fraction of sp³-hybridized carbons (Fsp3) is 0.0435. The van der Waals surface area contributed by atoms with Crippen molar-refractivity contribution in [1.82, 2.24) is 4.98 Å². The molecule has 0 fully saturated rings. The lowest BCUT2D eigenvalue weighted by Gasteiger charge is -2.25. The van der Waals surface area contributed by atoms with Gasteiger partial charge in [0.2, 0.25) is 0 Å². The monoisotopic (exact) mass is 445 g/mol. The van der Waals surface area contributed by atoms with Crippen LogP contribution in [0.4, 0.5) is 5.69 Å². The number of allylic oxidation sites excluding steroid dienone is 1. The first-order valence-electron chi connectivity index (χ1n) is 9.49. The highest BCUT2D eigenvalue weighted by Gasteiger charge is 2.30. The van der Waals surface area contributed by atoms with E-state index < -0.39 is 5.92 Å². The lowest BCUT2D eigenvalue weighted by atomic mass is 9.92. The highest BCUT2D eigenvalue weighted by atomic mass is 35.5. The first-order chi connectivity index (χ1) is 15.1. The summed E-state index contributed by atoms with van der Waals surface area (Å²) in [5, 5.41) is 25.2. The van der Waals surface area contributed by atoms with Gasteiger partial charge in [0.15, 0.2) is 0 Å². The number of nitrogens with zero attached hydrogens (tertiary/aromatic N) is 3. The number of furan rings is 1. The highest BCUT2D eigenvalue weighted by Crippen LogP contribution is 2.28. The predicted molar refractivity (Wildman–Crippen MR) is 126 cm³/mol. The van der Waals surface area contributed by atoms with E-state index in [0.29, 0.717) is 21.5 Å². The molecule has 152 valence electrons. The minimum Gasteiger partial charge on any atom is -0.463 e. The quantitative estimate of drug-likeness (QED) is 0.370. The van der Waals surface area contributed by atoms with Crippen LogP contribution in [0.25, 0.3) is 10.2 Å². The van der Waals surface area contributed by atoms with E-state index in [2.05, 4.69) is 4.98 Å². The van der Waals surface area contributed by atoms with Crippen LogP contribution < -0.4 is 5.01 Å². The lowest BCUT2D eigenvalue weighted by Crippen LogP contribution is -2.34. The number of thiazole rings is 1. The van der Waals surface area contributed by atoms with Crippen molar-refractivity contribution in [1.29, 1.82) is 10.8 Å². The highest BCUT2D eigenvalue weighted by molar-refractivity contribution is 7.21. The second-order valence-corrected chi connectivity index (χ2v) is 8.35. The van der Waals surface area contributed by atoms with Crippen molar-refractivity contribution in [2.24, 2.45) is 11.0 Å². The van der Waals surface area contributed by atoms with Gasteiger partial charge in [0, 0.05) is 11.2 Å². The molecule has 0 radical (unpaired) electrons. The second-order valence-electron chi connectivity index (χ2n) is 6.88. The molecule has 1 aliphatic heterocycles. The summed E-state index contributed by atoms with van der Waals surface area (Å²) in [5.74, 6) is -0.0893. The molecule has 3 heterocycles. The number of hydrazone groups is 1. The van der Waals surface area contributed by atoms with Gasteiger partial charge in [-0.15, -0.1) is 11.3 Å². The number of anilines is 1. The normalized spacial score (nSPS) is 15.8. The number of hydrogen-bond donors (Lipinski definition) is 2. The molecule has 5 rings (SSSR count). The van der Waals surface area contributed by atoms with E-state index in [1.807, 2.05) is 42.5 Å². The van der Waals surface area contributed by atoms with Crippen molar-refractivity contribution in [2.75, 3.05) is 5.01 Å². The average Bonchev–Trinajstić information content (AvgIpc) is 3.48. The zero-order valence-corrected chi connectivity index (χ0v) is 17.7. The van der Waals surface area contributed by atoms with Crippen LogP contribution in [0.15, 0.2) is 88.7 Å². The van der Waals surface area contributed by atoms with Crippen LogP contribution in [0.2, 0.25) is 5.02 Å². The number of hydrogen-bond acceptors (Lipinski definition) is 7. The zero-order chi connectivity index (χ0) is 21.4. The number of aromatic nitrogens is 1. The van der Waals surface area contributed by atoms with E-state index in [9.17, 15) is 0 Å². The maximum Gasteiger partial charge on any atom is 0.148 e. The number of halogens is 1. The Bertz CT molecular complexity index is 1310. The first kappa shape index (κ1) is 19.4. The van der Waals surface area contributed by atoms with E-state index in [1.54, 1.807) is 35.5 Å². The van der Waals surface area contributed by atoms with E-state index >= 15 is 0 Å². The standard InChI is InChI=1S/C23H16ClN5OS/c24-14-7-9-15(10-8-14)29-12-11-16(20(25)18-5-3-13-30-18)22(28-29)21(26)23-27-17-4-1-2-6-19(17)31-23/h1-13,16,25-26H. The Hall–Kier alpha value is -3.55. The van der Waals surface area contributed by atoms with Gasteiger partial charge in [-0.3, -0.25) is 5.41 Å². The molecule has 2 N–H and O–H groups in total. The SMILES string of the molecule is N=C(C1=NN(c2ccc(Cl)cc2)C=CC1C(=N)c1ccco1)c1nc2ccccc2s1. The van der Waals surface area contributed by atoms with Crippen molar-refractivity contribution >= 4 is 56.0 Å². The van der Waals surface area contributed by atoms with E-state index in [0.717, 1.165) is 15.9 Å². The van der Waals surface area contributed by atoms with Crippen LogP contribution in [0, 0.1) is 16.7 Å². The predicted octanol–water partition coefficient (Wildman–Crippen LogP) is 5.98. The van der Waals surface area contributed by atoms with Gasteiger partial charge in [-0.1, -0.05) is 29.8 Å². The molecule has 0 aliphatic carbocycles. The van der Waals surface area contributed by atoms with Crippen LogP contribution in [0.3, 0.4) is 0 Å². The Morgan fingerprint density at radius 1 is 1.03 bits per heavy atom. The molecular formula is C23H16ClN5OS. The molecule has 1 aliphatic rings. The summed E-state index contributed by atoms with van der Waals surface area (Å²) in [7, 11) is 0. The Labute approximate surface area is 187 Å². The molecule has 0 saturated heterocycles. The topological polar surface area (TPSA) is 89.3 Å². The van der Waals surface area contributed by atoms with Gasteiger partial charge in [0.25, 0.3) is 0 Å². The van der Waals surface area contributed by atoms with Gasteiger partial charge < -0.3 is 9.83 Å². The van der Waals surface area contributed by atoms with Crippen LogP contribution in [0.1, 0.15) is 10.8 Å². The number of fused-ring (bicyclic) bond motifs is 1. The molecule has 2 aromatic heterocycles. The Kier molecular flexibility index (Phi) is 4.97. The smallest absolute Gasteiger partial charge is 0.148 e. The van der Waals surface area contributed by atoms with Gasteiger partial charge in [0.1, 0.15) is 22.2 Å². The first-order valence-corrected chi connectivity index (χ1v) is 10.7. The molecule has 0 spiro atoms. The molecule has 1 unspecified atom stereocenters. The molecule has 2 aromatic carbocycles. The zero-order valence-electron chi connectivity index (χ0n) is 16.1. The van der Waals surface area contributed by atoms with Gasteiger partial charge in [-0.25, -0.2) is 9.99 Å². The molecule has 0 amide bonds. The third kappa shape index (κ3) is 3.69. The molecule has 8 heteroatoms. The van der Waals surface area contributed by atoms with Crippen LogP contribution >= 0.6 is 22.9 Å². The van der Waals surface area contributed by atoms with Crippen molar-refractivity contribution in [2.45, 2.75) is 0 Å². The van der Waals surface area contributed by atoms with Crippen molar-refractivity contribution in [3.8, 4) is 0 Å². The van der Waals surface area contributed by atoms with Gasteiger partial charge in [-0.05, 0) is 48.5 Å². The molecule has 6 nitrogen and oxygen atoms in total. The minimum absolute atomic E-state index is 0.186. The van der Waals surface area contributed by atoms with Crippen LogP contribution in [0.5, 0.6) is 0 Å². The fourth-order valence-electron chi connectivity index (χ4n) is 3.32. The summed E-state index contributed by atoms with van der Waals surface area (Å²) >= 11 is 7.46. The van der Waals surface area contributed by atoms with E-state index in [1.165, 1.54) is 17.6 Å². The number of para-hydroxylation sites is 1. The van der Waals surface area contributed by atoms with Crippen molar-refractivity contribution < 1.29 is 4.42 Å². The number of benzene rings is 2. The molecule has 31 heavy (non-hydrogen) atoms. The molecule has 4 aromatic rings. The summed E-state index contributed by atoms with van der Waals surface area (Å²) in [6, 6.07) is 18.5. The number of rotatable bonds is 5. The summed E-state index contributed by atoms with van der Waals surface area (Å²) < 4.78 is 6.43. The Morgan fingerprint density at radius 2 is 1.84 bits per heavy atom. The van der Waals surface area contributed by atoms with Crippen LogP contribution in [-0.2, 0) is 0 Å². The Morgan fingerprint density at radius 3 is 2.58 bits per heavy atom. The van der Waals surface area contributed by atoms with Gasteiger partial charge >= 0.3 is 0 Å². The summed E-state index contributed by atoms with van der Waals surface area (Å²) in [4.78, 5) is 4.61. The second kappa shape index (κ2) is 7.94. The molecule has 0 bridgehead atoms. The summed E-state index contributed by atoms with van der Waals surface area (Å²) in [6.07, 6.45) is 5.18. The largest absolute Gasteiger partial charge is 0.463 e. The third-order valence-corrected chi connectivity index (χ3v) is 6.19. The third-order valence-electron chi connectivity index (χ3n) is 4.88. The van der Waals surface area contributed by atoms with E-state index in [4.69, 9.17) is 31.9 Å². The summed E-state index contributed by atoms with van der Waals surface area (Å²) in [6.45, 7) is 0. The van der Waals surface area contributed by atoms with Crippen LogP contribution in [-0.4, -0.2) is 22.1 Å². The Balaban J connectivity index is 1.56. The average molecular weight is 446 g/mol. The molecular weight excluding hydrogens is 430 g/mol. The van der Waals surface area contributed by atoms with Crippen molar-refractivity contribution in [3.05, 3.63) is 95.0 Å². The fourth-order valence-corrected chi connectivity index (χ4v) is 4.37. The number of nitrogens with one attached hydrogen (secondary N) is 2. The summed E-state index contributed by atoms with van der Waals surface area (Å²) in [5.41, 5.74) is 2.50.